The molecule has 0 aliphatic carbocycles. The molecule has 0 radical (unpaired) electrons. The number of hydrogen-bond acceptors (Lipinski definition) is 7. The monoisotopic (exact) mass is 643 g/mol. The Bertz CT molecular complexity index is 1320. The summed E-state index contributed by atoms with van der Waals surface area (Å²) in [6, 6.07) is 20.1. The SMILES string of the molecule is CCO[C@@H](CC/C=C/C(=O)Nc1ccccc1N)[C@@H](OC(=O)NC(=O)c1ccccc1)c1cc(I)ccc1O. The Balaban J connectivity index is 1.73. The minimum absolute atomic E-state index is 0.0809. The van der Waals surface area contributed by atoms with Crippen LogP contribution in [0.4, 0.5) is 16.2 Å². The third kappa shape index (κ3) is 9.11. The summed E-state index contributed by atoms with van der Waals surface area (Å²) in [4.78, 5) is 37.5. The molecule has 0 aromatic heterocycles. The van der Waals surface area contributed by atoms with Gasteiger partial charge in [0.15, 0.2) is 6.10 Å². The quantitative estimate of drug-likeness (QED) is 0.122. The van der Waals surface area contributed by atoms with Crippen molar-refractivity contribution < 1.29 is 29.0 Å². The van der Waals surface area contributed by atoms with E-state index >= 15 is 0 Å². The van der Waals surface area contributed by atoms with Gasteiger partial charge in [-0.25, -0.2) is 4.79 Å². The summed E-state index contributed by atoms with van der Waals surface area (Å²) in [5.41, 5.74) is 7.47. The first-order chi connectivity index (χ1) is 18.8. The Morgan fingerprint density at radius 3 is 2.49 bits per heavy atom. The van der Waals surface area contributed by atoms with E-state index in [9.17, 15) is 19.5 Å². The second-order valence-electron chi connectivity index (χ2n) is 8.40. The van der Waals surface area contributed by atoms with Crippen LogP contribution >= 0.6 is 22.6 Å². The number of hydrogen-bond donors (Lipinski definition) is 4. The molecular formula is C29H30IN3O6. The second kappa shape index (κ2) is 14.9. The van der Waals surface area contributed by atoms with E-state index in [4.69, 9.17) is 15.2 Å². The number of carbonyl (C=O) groups excluding carboxylic acids is 3. The van der Waals surface area contributed by atoms with Crippen LogP contribution in [-0.2, 0) is 14.3 Å². The highest BCUT2D eigenvalue weighted by atomic mass is 127. The number of phenols is 1. The maximum atomic E-state index is 12.8. The van der Waals surface area contributed by atoms with Gasteiger partial charge in [-0.1, -0.05) is 36.4 Å². The summed E-state index contributed by atoms with van der Waals surface area (Å²) >= 11 is 2.09. The van der Waals surface area contributed by atoms with Crippen molar-refractivity contribution in [1.29, 1.82) is 0 Å². The summed E-state index contributed by atoms with van der Waals surface area (Å²) in [7, 11) is 0. The van der Waals surface area contributed by atoms with Crippen molar-refractivity contribution >= 4 is 51.9 Å². The van der Waals surface area contributed by atoms with Crippen LogP contribution in [0.1, 0.15) is 41.8 Å². The van der Waals surface area contributed by atoms with E-state index < -0.39 is 24.2 Å². The first-order valence-corrected chi connectivity index (χ1v) is 13.4. The van der Waals surface area contributed by atoms with E-state index in [1.807, 2.05) is 0 Å². The van der Waals surface area contributed by atoms with Gasteiger partial charge in [0.25, 0.3) is 5.91 Å². The fourth-order valence-corrected chi connectivity index (χ4v) is 4.28. The van der Waals surface area contributed by atoms with E-state index in [-0.39, 0.29) is 11.7 Å². The van der Waals surface area contributed by atoms with Gasteiger partial charge in [-0.3, -0.25) is 14.9 Å². The number of anilines is 2. The molecule has 0 saturated carbocycles. The number of imide groups is 1. The number of nitrogen functional groups attached to an aromatic ring is 1. The smallest absolute Gasteiger partial charge is 0.414 e. The number of carbonyl (C=O) groups is 3. The summed E-state index contributed by atoms with van der Waals surface area (Å²) in [5, 5.41) is 15.5. The van der Waals surface area contributed by atoms with Crippen molar-refractivity contribution in [3.63, 3.8) is 0 Å². The molecule has 0 unspecified atom stereocenters. The maximum absolute atomic E-state index is 12.8. The fourth-order valence-electron chi connectivity index (χ4n) is 3.76. The first-order valence-electron chi connectivity index (χ1n) is 12.3. The lowest BCUT2D eigenvalue weighted by molar-refractivity contribution is -0.111. The number of nitrogens with one attached hydrogen (secondary N) is 2. The van der Waals surface area contributed by atoms with Gasteiger partial charge >= 0.3 is 6.09 Å². The molecule has 0 spiro atoms. The second-order valence-corrected chi connectivity index (χ2v) is 9.64. The number of halogens is 1. The van der Waals surface area contributed by atoms with Crippen LogP contribution in [0.25, 0.3) is 0 Å². The van der Waals surface area contributed by atoms with Gasteiger partial charge < -0.3 is 25.6 Å². The van der Waals surface area contributed by atoms with E-state index in [1.54, 1.807) is 79.7 Å². The van der Waals surface area contributed by atoms with Crippen molar-refractivity contribution in [2.24, 2.45) is 0 Å². The molecule has 10 heteroatoms. The number of amides is 3. The average Bonchev–Trinajstić information content (AvgIpc) is 2.92. The van der Waals surface area contributed by atoms with Gasteiger partial charge in [0.05, 0.1) is 17.5 Å². The molecule has 0 bridgehead atoms. The summed E-state index contributed by atoms with van der Waals surface area (Å²) in [6.07, 6.45) is 1.11. The van der Waals surface area contributed by atoms with Crippen LogP contribution in [0.3, 0.4) is 0 Å². The number of para-hydroxylation sites is 2. The van der Waals surface area contributed by atoms with Crippen LogP contribution in [0.2, 0.25) is 0 Å². The van der Waals surface area contributed by atoms with Gasteiger partial charge in [0.2, 0.25) is 5.91 Å². The molecule has 0 aliphatic heterocycles. The highest BCUT2D eigenvalue weighted by molar-refractivity contribution is 14.1. The zero-order valence-corrected chi connectivity index (χ0v) is 23.5. The molecular weight excluding hydrogens is 613 g/mol. The molecule has 3 rings (SSSR count). The highest BCUT2D eigenvalue weighted by Crippen LogP contribution is 2.34. The van der Waals surface area contributed by atoms with Crippen LogP contribution in [-0.4, -0.2) is 35.7 Å². The Morgan fingerprint density at radius 1 is 1.05 bits per heavy atom. The van der Waals surface area contributed by atoms with Crippen molar-refractivity contribution in [3.05, 3.63) is 99.6 Å². The van der Waals surface area contributed by atoms with Crippen LogP contribution in [0.15, 0.2) is 84.9 Å². The van der Waals surface area contributed by atoms with Crippen molar-refractivity contribution in [2.75, 3.05) is 17.7 Å². The number of phenolic OH excluding ortho intramolecular Hbond substituents is 1. The number of benzene rings is 3. The molecule has 3 amide bonds. The number of aromatic hydroxyl groups is 1. The number of rotatable bonds is 11. The predicted octanol–water partition coefficient (Wildman–Crippen LogP) is 5.57. The first kappa shape index (κ1) is 29.7. The van der Waals surface area contributed by atoms with Crippen LogP contribution in [0.5, 0.6) is 5.75 Å². The molecule has 3 aromatic rings. The third-order valence-electron chi connectivity index (χ3n) is 5.61. The van der Waals surface area contributed by atoms with Gasteiger partial charge in [-0.15, -0.1) is 0 Å². The van der Waals surface area contributed by atoms with Gasteiger partial charge in [-0.2, -0.15) is 0 Å². The average molecular weight is 643 g/mol. The predicted molar refractivity (Wildman–Crippen MR) is 157 cm³/mol. The van der Waals surface area contributed by atoms with E-state index in [0.717, 1.165) is 3.57 Å². The number of alkyl carbamates (subject to hydrolysis) is 1. The number of ether oxygens (including phenoxy) is 2. The fraction of sp³-hybridized carbons (Fsp3) is 0.207. The molecule has 39 heavy (non-hydrogen) atoms. The van der Waals surface area contributed by atoms with E-state index in [2.05, 4.69) is 33.2 Å². The summed E-state index contributed by atoms with van der Waals surface area (Å²) in [5.74, 6) is -1.04. The van der Waals surface area contributed by atoms with Gasteiger partial charge in [-0.05, 0) is 90.9 Å². The van der Waals surface area contributed by atoms with Crippen molar-refractivity contribution in [3.8, 4) is 5.75 Å². The Morgan fingerprint density at radius 2 is 1.77 bits per heavy atom. The van der Waals surface area contributed by atoms with Crippen LogP contribution < -0.4 is 16.4 Å². The Labute approximate surface area is 240 Å². The summed E-state index contributed by atoms with van der Waals surface area (Å²) < 4.78 is 12.4. The number of nitrogens with two attached hydrogens (primary N) is 1. The highest BCUT2D eigenvalue weighted by Gasteiger charge is 2.30. The Kier molecular flexibility index (Phi) is 11.3. The lowest BCUT2D eigenvalue weighted by Crippen LogP contribution is -2.35. The minimum Gasteiger partial charge on any atom is -0.508 e. The molecule has 0 aliphatic rings. The molecule has 9 nitrogen and oxygen atoms in total. The van der Waals surface area contributed by atoms with Gasteiger partial charge in [0.1, 0.15) is 5.75 Å². The zero-order chi connectivity index (χ0) is 28.2. The van der Waals surface area contributed by atoms with Crippen LogP contribution in [0, 0.1) is 3.57 Å². The van der Waals surface area contributed by atoms with Gasteiger partial charge in [0, 0.05) is 21.3 Å². The lowest BCUT2D eigenvalue weighted by Gasteiger charge is -2.27. The Hall–Kier alpha value is -3.90. The topological polar surface area (TPSA) is 140 Å². The molecule has 0 heterocycles. The number of allylic oxidation sites excluding steroid dienone is 1. The lowest BCUT2D eigenvalue weighted by atomic mass is 9.99. The molecule has 2 atom stereocenters. The van der Waals surface area contributed by atoms with Crippen molar-refractivity contribution in [1.82, 2.24) is 5.32 Å². The van der Waals surface area contributed by atoms with E-state index in [1.165, 1.54) is 12.1 Å². The summed E-state index contributed by atoms with van der Waals surface area (Å²) in [6.45, 7) is 2.10. The molecule has 0 saturated heterocycles. The molecule has 0 fully saturated rings. The third-order valence-corrected chi connectivity index (χ3v) is 6.28. The van der Waals surface area contributed by atoms with E-state index in [0.29, 0.717) is 42.0 Å². The minimum atomic E-state index is -1.03. The molecule has 204 valence electrons. The zero-order valence-electron chi connectivity index (χ0n) is 21.3. The normalized spacial score (nSPS) is 12.5. The standard InChI is InChI=1S/C29H30IN3O6/c1-2-38-25(14-8-9-15-26(35)32-23-13-7-6-12-22(23)31)27(21-18-20(30)16-17-24(21)34)39-29(37)33-28(36)19-10-4-3-5-11-19/h3-7,9-13,15-18,25,27,34H,2,8,14,31H2,1H3,(H,32,35)(H,33,36,37)/b15-9+/t25-,27-/m0/s1. The maximum Gasteiger partial charge on any atom is 0.414 e. The molecule has 5 N–H and O–H groups in total. The molecule has 3 aromatic carbocycles. The van der Waals surface area contributed by atoms with Crippen molar-refractivity contribution in [2.45, 2.75) is 32.0 Å². The largest absolute Gasteiger partial charge is 0.508 e.